The Morgan fingerprint density at radius 2 is 1.71 bits per heavy atom. The minimum atomic E-state index is -0.992. The number of hydrogen-bond acceptors (Lipinski definition) is 3. The van der Waals surface area contributed by atoms with Gasteiger partial charge in [-0.3, -0.25) is 0 Å². The molecule has 0 bridgehead atoms. The number of allylic oxidation sites excluding steroid dienone is 4. The molecule has 0 fully saturated rings. The fraction of sp³-hybridized carbons (Fsp3) is 0.227. The van der Waals surface area contributed by atoms with Gasteiger partial charge in [-0.05, 0) is 57.0 Å². The largest absolute Gasteiger partial charge is 0.503 e. The van der Waals surface area contributed by atoms with Crippen molar-refractivity contribution in [2.75, 3.05) is 7.11 Å². The SMILES string of the molecule is C/C=C(\C)OC.C/C=C(\C)c1c[nH]c2ncc(-c3cc(F)c(O)c(F)c3)cc12. The molecule has 3 rings (SSSR count). The maximum Gasteiger partial charge on any atom is 0.187 e. The highest BCUT2D eigenvalue weighted by Gasteiger charge is 2.13. The molecule has 2 heterocycles. The molecule has 0 radical (unpaired) electrons. The lowest BCUT2D eigenvalue weighted by atomic mass is 10.0. The molecule has 2 N–H and O–H groups in total. The van der Waals surface area contributed by atoms with Crippen LogP contribution < -0.4 is 0 Å². The molecule has 0 saturated heterocycles. The molecular weight excluding hydrogens is 362 g/mol. The molecule has 0 aliphatic carbocycles. The van der Waals surface area contributed by atoms with E-state index in [4.69, 9.17) is 4.74 Å². The number of benzene rings is 1. The molecule has 0 spiro atoms. The van der Waals surface area contributed by atoms with Crippen LogP contribution in [0.4, 0.5) is 8.78 Å². The second-order valence-electron chi connectivity index (χ2n) is 6.19. The van der Waals surface area contributed by atoms with Gasteiger partial charge in [-0.15, -0.1) is 0 Å². The fourth-order valence-electron chi connectivity index (χ4n) is 2.49. The third-order valence-corrected chi connectivity index (χ3v) is 4.47. The summed E-state index contributed by atoms with van der Waals surface area (Å²) in [4.78, 5) is 7.36. The Morgan fingerprint density at radius 1 is 1.07 bits per heavy atom. The van der Waals surface area contributed by atoms with Crippen LogP contribution in [0.25, 0.3) is 27.7 Å². The van der Waals surface area contributed by atoms with Crippen molar-refractivity contribution in [3.8, 4) is 16.9 Å². The van der Waals surface area contributed by atoms with Crippen molar-refractivity contribution < 1.29 is 18.6 Å². The average molecular weight is 386 g/mol. The van der Waals surface area contributed by atoms with E-state index < -0.39 is 17.4 Å². The average Bonchev–Trinajstić information content (AvgIpc) is 3.14. The Labute approximate surface area is 163 Å². The number of nitrogens with zero attached hydrogens (tertiary/aromatic N) is 1. The first kappa shape index (κ1) is 21.2. The van der Waals surface area contributed by atoms with Crippen LogP contribution in [-0.4, -0.2) is 22.2 Å². The van der Waals surface area contributed by atoms with Crippen molar-refractivity contribution in [3.05, 3.63) is 65.7 Å². The van der Waals surface area contributed by atoms with E-state index in [1.54, 1.807) is 13.3 Å². The Bertz CT molecular complexity index is 1010. The van der Waals surface area contributed by atoms with E-state index in [1.165, 1.54) is 0 Å². The molecule has 1 aromatic carbocycles. The molecule has 4 nitrogen and oxygen atoms in total. The minimum absolute atomic E-state index is 0.326. The summed E-state index contributed by atoms with van der Waals surface area (Å²) in [5.74, 6) is -1.98. The van der Waals surface area contributed by atoms with E-state index in [0.29, 0.717) is 16.8 Å². The van der Waals surface area contributed by atoms with Gasteiger partial charge in [0.15, 0.2) is 17.4 Å². The number of methoxy groups -OCH3 is 1. The van der Waals surface area contributed by atoms with Crippen molar-refractivity contribution in [3.63, 3.8) is 0 Å². The molecule has 0 atom stereocenters. The Morgan fingerprint density at radius 3 is 2.21 bits per heavy atom. The number of aromatic amines is 1. The van der Waals surface area contributed by atoms with E-state index in [9.17, 15) is 13.9 Å². The van der Waals surface area contributed by atoms with Gasteiger partial charge in [-0.25, -0.2) is 13.8 Å². The molecule has 28 heavy (non-hydrogen) atoms. The van der Waals surface area contributed by atoms with Crippen LogP contribution in [0.2, 0.25) is 0 Å². The molecule has 148 valence electrons. The second kappa shape index (κ2) is 9.17. The van der Waals surface area contributed by atoms with Crippen molar-refractivity contribution in [2.24, 2.45) is 0 Å². The third-order valence-electron chi connectivity index (χ3n) is 4.47. The van der Waals surface area contributed by atoms with E-state index >= 15 is 0 Å². The fourth-order valence-corrected chi connectivity index (χ4v) is 2.49. The molecule has 0 unspecified atom stereocenters. The van der Waals surface area contributed by atoms with Gasteiger partial charge in [-0.2, -0.15) is 0 Å². The highest BCUT2D eigenvalue weighted by molar-refractivity contribution is 5.92. The zero-order chi connectivity index (χ0) is 20.8. The lowest BCUT2D eigenvalue weighted by molar-refractivity contribution is 0.293. The van der Waals surface area contributed by atoms with Gasteiger partial charge in [0.1, 0.15) is 5.65 Å². The molecule has 0 amide bonds. The van der Waals surface area contributed by atoms with Gasteiger partial charge in [0.25, 0.3) is 0 Å². The number of ether oxygens (including phenoxy) is 1. The number of aromatic hydroxyl groups is 1. The van der Waals surface area contributed by atoms with Crippen molar-refractivity contribution in [1.29, 1.82) is 0 Å². The monoisotopic (exact) mass is 386 g/mol. The first-order valence-electron chi connectivity index (χ1n) is 8.78. The van der Waals surface area contributed by atoms with Crippen LogP contribution in [0.3, 0.4) is 0 Å². The Balaban J connectivity index is 0.000000409. The lowest BCUT2D eigenvalue weighted by Gasteiger charge is -2.05. The van der Waals surface area contributed by atoms with Crippen LogP contribution >= 0.6 is 0 Å². The van der Waals surface area contributed by atoms with E-state index in [1.807, 2.05) is 52.1 Å². The normalized spacial score (nSPS) is 12.0. The van der Waals surface area contributed by atoms with Gasteiger partial charge in [0.05, 0.1) is 12.9 Å². The van der Waals surface area contributed by atoms with Crippen LogP contribution in [0.1, 0.15) is 33.3 Å². The van der Waals surface area contributed by atoms with E-state index in [0.717, 1.165) is 34.4 Å². The van der Waals surface area contributed by atoms with Crippen molar-refractivity contribution >= 4 is 16.6 Å². The van der Waals surface area contributed by atoms with Gasteiger partial charge < -0.3 is 14.8 Å². The highest BCUT2D eigenvalue weighted by atomic mass is 19.1. The van der Waals surface area contributed by atoms with Crippen molar-refractivity contribution in [1.82, 2.24) is 9.97 Å². The molecule has 6 heteroatoms. The van der Waals surface area contributed by atoms with Gasteiger partial charge in [0, 0.05) is 28.9 Å². The van der Waals surface area contributed by atoms with Gasteiger partial charge in [0.2, 0.25) is 0 Å². The summed E-state index contributed by atoms with van der Waals surface area (Å²) in [6.07, 6.45) is 7.29. The number of pyridine rings is 1. The van der Waals surface area contributed by atoms with E-state index in [2.05, 4.69) is 9.97 Å². The smallest absolute Gasteiger partial charge is 0.187 e. The lowest BCUT2D eigenvalue weighted by Crippen LogP contribution is -1.88. The summed E-state index contributed by atoms with van der Waals surface area (Å²) in [6, 6.07) is 4.01. The maximum atomic E-state index is 13.5. The first-order valence-corrected chi connectivity index (χ1v) is 8.78. The number of nitrogens with one attached hydrogen (secondary N) is 1. The number of halogens is 2. The zero-order valence-electron chi connectivity index (χ0n) is 16.6. The topological polar surface area (TPSA) is 58.1 Å². The van der Waals surface area contributed by atoms with Crippen LogP contribution in [-0.2, 0) is 4.74 Å². The molecule has 2 aromatic heterocycles. The standard InChI is InChI=1S/C17H14F2N2O.C5H10O/c1-3-9(2)13-8-21-17-12(13)4-11(7-20-17)10-5-14(18)16(22)15(19)6-10;1-4-5(2)6-3/h3-8,22H,1-2H3,(H,20,21);4H,1-3H3/b9-3+;5-4+. The van der Waals surface area contributed by atoms with Gasteiger partial charge >= 0.3 is 0 Å². The quantitative estimate of drug-likeness (QED) is 0.527. The predicted molar refractivity (Wildman–Crippen MR) is 109 cm³/mol. The number of phenols is 1. The molecule has 0 aliphatic heterocycles. The number of fused-ring (bicyclic) bond motifs is 1. The van der Waals surface area contributed by atoms with E-state index in [-0.39, 0.29) is 0 Å². The third kappa shape index (κ3) is 4.57. The molecule has 3 aromatic rings. The second-order valence-corrected chi connectivity index (χ2v) is 6.19. The summed E-state index contributed by atoms with van der Waals surface area (Å²) in [7, 11) is 1.66. The number of H-pyrrole nitrogens is 1. The number of rotatable bonds is 3. The molecule has 0 saturated carbocycles. The minimum Gasteiger partial charge on any atom is -0.503 e. The summed E-state index contributed by atoms with van der Waals surface area (Å²) in [6.45, 7) is 7.78. The van der Waals surface area contributed by atoms with Crippen LogP contribution in [0.15, 0.2) is 48.5 Å². The number of aromatic nitrogens is 2. The summed E-state index contributed by atoms with van der Waals surface area (Å²) >= 11 is 0. The highest BCUT2D eigenvalue weighted by Crippen LogP contribution is 2.31. The van der Waals surface area contributed by atoms with Gasteiger partial charge in [-0.1, -0.05) is 12.2 Å². The Kier molecular flexibility index (Phi) is 6.93. The number of phenolic OH excluding ortho intramolecular Hbond substituents is 1. The number of hydrogen-bond donors (Lipinski definition) is 2. The summed E-state index contributed by atoms with van der Waals surface area (Å²) in [5, 5.41) is 10.1. The predicted octanol–water partition coefficient (Wildman–Crippen LogP) is 6.19. The summed E-state index contributed by atoms with van der Waals surface area (Å²) < 4.78 is 31.8. The molecular formula is C22H24F2N2O2. The molecule has 0 aliphatic rings. The summed E-state index contributed by atoms with van der Waals surface area (Å²) in [5.41, 5.74) is 3.68. The zero-order valence-corrected chi connectivity index (χ0v) is 16.6. The van der Waals surface area contributed by atoms with Crippen LogP contribution in [0, 0.1) is 11.6 Å². The van der Waals surface area contributed by atoms with Crippen LogP contribution in [0.5, 0.6) is 5.75 Å². The Hall–Kier alpha value is -3.15. The van der Waals surface area contributed by atoms with Crippen molar-refractivity contribution in [2.45, 2.75) is 27.7 Å². The maximum absolute atomic E-state index is 13.5. The first-order chi connectivity index (χ1) is 13.3.